The number of methoxy groups -OCH3 is 1. The van der Waals surface area contributed by atoms with E-state index in [1.807, 2.05) is 0 Å². The van der Waals surface area contributed by atoms with E-state index in [0.717, 1.165) is 6.54 Å². The van der Waals surface area contributed by atoms with Crippen LogP contribution >= 0.6 is 0 Å². The summed E-state index contributed by atoms with van der Waals surface area (Å²) >= 11 is 0. The van der Waals surface area contributed by atoms with E-state index in [-0.39, 0.29) is 11.9 Å². The number of hydrogen-bond donors (Lipinski definition) is 1. The van der Waals surface area contributed by atoms with Crippen molar-refractivity contribution in [3.05, 3.63) is 0 Å². The molecule has 1 spiro atoms. The van der Waals surface area contributed by atoms with Gasteiger partial charge in [0.15, 0.2) is 0 Å². The van der Waals surface area contributed by atoms with Crippen LogP contribution in [0.2, 0.25) is 0 Å². The van der Waals surface area contributed by atoms with E-state index >= 15 is 0 Å². The number of fused-ring (bicyclic) bond motifs is 2. The largest absolute Gasteiger partial charge is 0.469 e. The maximum atomic E-state index is 11.4. The first kappa shape index (κ1) is 7.80. The number of ether oxygens (including phenoxy) is 1. The molecule has 2 aliphatic carbocycles. The predicted molar refractivity (Wildman–Crippen MR) is 47.1 cm³/mol. The lowest BCUT2D eigenvalue weighted by atomic mass is 9.73. The molecule has 1 aliphatic heterocycles. The summed E-state index contributed by atoms with van der Waals surface area (Å²) in [4.78, 5) is 11.4. The van der Waals surface area contributed by atoms with Crippen LogP contribution in [0.5, 0.6) is 0 Å². The summed E-state index contributed by atoms with van der Waals surface area (Å²) in [6.07, 6.45) is 3.85. The molecule has 1 N–H and O–H groups in total. The van der Waals surface area contributed by atoms with Crippen molar-refractivity contribution >= 4 is 5.97 Å². The Balaban J connectivity index is 1.76. The first-order chi connectivity index (χ1) is 6.28. The van der Waals surface area contributed by atoms with Crippen LogP contribution in [-0.4, -0.2) is 25.2 Å². The smallest absolute Gasteiger partial charge is 0.309 e. The van der Waals surface area contributed by atoms with Gasteiger partial charge < -0.3 is 10.1 Å². The first-order valence-corrected chi connectivity index (χ1v) is 5.11. The van der Waals surface area contributed by atoms with E-state index in [4.69, 9.17) is 4.74 Å². The molecule has 3 aliphatic rings. The number of piperidine rings is 1. The van der Waals surface area contributed by atoms with Gasteiger partial charge in [-0.15, -0.1) is 0 Å². The average molecular weight is 181 g/mol. The molecular weight excluding hydrogens is 166 g/mol. The Morgan fingerprint density at radius 2 is 2.31 bits per heavy atom. The van der Waals surface area contributed by atoms with Gasteiger partial charge in [0.05, 0.1) is 13.0 Å². The van der Waals surface area contributed by atoms with E-state index in [1.54, 1.807) is 0 Å². The van der Waals surface area contributed by atoms with Gasteiger partial charge in [0.1, 0.15) is 0 Å². The second-order valence-electron chi connectivity index (χ2n) is 4.63. The van der Waals surface area contributed by atoms with Crippen LogP contribution in [0.4, 0.5) is 0 Å². The van der Waals surface area contributed by atoms with E-state index in [1.165, 1.54) is 26.4 Å². The number of rotatable bonds is 1. The standard InChI is InChI=1S/C10H15NO2/c1-13-9(12)7-6-5-11-10(8(6)7)3-2-4-10/h6-8,11H,2-5H2,1H3. The van der Waals surface area contributed by atoms with Gasteiger partial charge >= 0.3 is 5.97 Å². The molecule has 0 radical (unpaired) electrons. The van der Waals surface area contributed by atoms with Crippen LogP contribution in [0.1, 0.15) is 19.3 Å². The third-order valence-electron chi connectivity index (χ3n) is 4.22. The molecule has 3 atom stereocenters. The molecule has 0 bridgehead atoms. The van der Waals surface area contributed by atoms with Crippen LogP contribution in [0.25, 0.3) is 0 Å². The lowest BCUT2D eigenvalue weighted by molar-refractivity contribution is -0.143. The molecule has 0 aromatic carbocycles. The summed E-state index contributed by atoms with van der Waals surface area (Å²) in [6.45, 7) is 1.03. The van der Waals surface area contributed by atoms with Gasteiger partial charge in [-0.2, -0.15) is 0 Å². The predicted octanol–water partition coefficient (Wildman–Crippen LogP) is 0.547. The van der Waals surface area contributed by atoms with Gasteiger partial charge in [0.2, 0.25) is 0 Å². The SMILES string of the molecule is COC(=O)C1C2CNC3(CCC3)C21. The van der Waals surface area contributed by atoms with Gasteiger partial charge in [0, 0.05) is 5.54 Å². The molecule has 3 unspecified atom stereocenters. The third-order valence-corrected chi connectivity index (χ3v) is 4.22. The highest BCUT2D eigenvalue weighted by molar-refractivity contribution is 5.77. The van der Waals surface area contributed by atoms with E-state index in [9.17, 15) is 4.79 Å². The highest BCUT2D eigenvalue weighted by atomic mass is 16.5. The summed E-state index contributed by atoms with van der Waals surface area (Å²) in [5, 5.41) is 3.57. The Morgan fingerprint density at radius 1 is 1.54 bits per heavy atom. The molecule has 3 heteroatoms. The van der Waals surface area contributed by atoms with Gasteiger partial charge in [-0.1, -0.05) is 0 Å². The molecule has 2 saturated carbocycles. The van der Waals surface area contributed by atoms with E-state index in [0.29, 0.717) is 17.4 Å². The summed E-state index contributed by atoms with van der Waals surface area (Å²) in [6, 6.07) is 0. The Hall–Kier alpha value is -0.570. The molecule has 72 valence electrons. The van der Waals surface area contributed by atoms with Gasteiger partial charge in [-0.25, -0.2) is 0 Å². The maximum absolute atomic E-state index is 11.4. The summed E-state index contributed by atoms with van der Waals surface area (Å²) < 4.78 is 4.81. The molecule has 1 saturated heterocycles. The molecule has 13 heavy (non-hydrogen) atoms. The molecule has 3 rings (SSSR count). The minimum atomic E-state index is 0.0165. The summed E-state index contributed by atoms with van der Waals surface area (Å²) in [5.74, 6) is 1.44. The van der Waals surface area contributed by atoms with Crippen molar-refractivity contribution in [3.63, 3.8) is 0 Å². The van der Waals surface area contributed by atoms with Gasteiger partial charge in [-0.05, 0) is 37.6 Å². The minimum absolute atomic E-state index is 0.0165. The van der Waals surface area contributed by atoms with Crippen molar-refractivity contribution in [2.75, 3.05) is 13.7 Å². The Kier molecular flexibility index (Phi) is 1.36. The lowest BCUT2D eigenvalue weighted by Crippen LogP contribution is -2.51. The van der Waals surface area contributed by atoms with Crippen molar-refractivity contribution in [2.24, 2.45) is 17.8 Å². The van der Waals surface area contributed by atoms with E-state index < -0.39 is 0 Å². The number of carbonyl (C=O) groups excluding carboxylic acids is 1. The molecule has 0 aromatic rings. The molecule has 3 nitrogen and oxygen atoms in total. The van der Waals surface area contributed by atoms with Gasteiger partial charge in [0.25, 0.3) is 0 Å². The highest BCUT2D eigenvalue weighted by Crippen LogP contribution is 2.62. The Bertz CT molecular complexity index is 260. The van der Waals surface area contributed by atoms with Crippen LogP contribution < -0.4 is 5.32 Å². The van der Waals surface area contributed by atoms with Crippen molar-refractivity contribution < 1.29 is 9.53 Å². The monoisotopic (exact) mass is 181 g/mol. The number of esters is 1. The minimum Gasteiger partial charge on any atom is -0.469 e. The number of carbonyl (C=O) groups is 1. The normalized spacial score (nSPS) is 43.9. The van der Waals surface area contributed by atoms with Crippen LogP contribution in [0.3, 0.4) is 0 Å². The second kappa shape index (κ2) is 2.27. The summed E-state index contributed by atoms with van der Waals surface area (Å²) in [5.41, 5.74) is 0.351. The van der Waals surface area contributed by atoms with Crippen molar-refractivity contribution in [2.45, 2.75) is 24.8 Å². The molecule has 1 heterocycles. The Labute approximate surface area is 77.8 Å². The molecule has 3 fully saturated rings. The fourth-order valence-corrected chi connectivity index (χ4v) is 3.35. The topological polar surface area (TPSA) is 38.3 Å². The fraction of sp³-hybridized carbons (Fsp3) is 0.900. The third kappa shape index (κ3) is 0.810. The second-order valence-corrected chi connectivity index (χ2v) is 4.63. The van der Waals surface area contributed by atoms with Crippen molar-refractivity contribution in [1.29, 1.82) is 0 Å². The fourth-order valence-electron chi connectivity index (χ4n) is 3.35. The van der Waals surface area contributed by atoms with Gasteiger partial charge in [-0.3, -0.25) is 4.79 Å². The Morgan fingerprint density at radius 3 is 2.85 bits per heavy atom. The molecule has 0 amide bonds. The molecule has 0 aromatic heterocycles. The number of hydrogen-bond acceptors (Lipinski definition) is 3. The summed E-state index contributed by atoms with van der Waals surface area (Å²) in [7, 11) is 1.50. The highest BCUT2D eigenvalue weighted by Gasteiger charge is 2.69. The van der Waals surface area contributed by atoms with E-state index in [2.05, 4.69) is 5.32 Å². The zero-order valence-electron chi connectivity index (χ0n) is 7.88. The zero-order valence-corrected chi connectivity index (χ0v) is 7.88. The van der Waals surface area contributed by atoms with Crippen LogP contribution in [-0.2, 0) is 9.53 Å². The quantitative estimate of drug-likeness (QED) is 0.600. The maximum Gasteiger partial charge on any atom is 0.309 e. The van der Waals surface area contributed by atoms with Crippen LogP contribution in [0, 0.1) is 17.8 Å². The van der Waals surface area contributed by atoms with Crippen molar-refractivity contribution in [3.8, 4) is 0 Å². The zero-order chi connectivity index (χ0) is 9.05. The first-order valence-electron chi connectivity index (χ1n) is 5.11. The molecular formula is C10H15NO2. The van der Waals surface area contributed by atoms with Crippen molar-refractivity contribution in [1.82, 2.24) is 5.32 Å². The average Bonchev–Trinajstić information content (AvgIpc) is 2.66. The lowest BCUT2D eigenvalue weighted by Gasteiger charge is -2.41. The number of nitrogens with one attached hydrogen (secondary N) is 1. The van der Waals surface area contributed by atoms with Crippen LogP contribution in [0.15, 0.2) is 0 Å².